The lowest BCUT2D eigenvalue weighted by Crippen LogP contribution is -2.44. The number of aliphatic carboxylic acids is 1. The Morgan fingerprint density at radius 3 is 2.74 bits per heavy atom. The van der Waals surface area contributed by atoms with Gasteiger partial charge in [0, 0.05) is 13.1 Å². The number of carbonyl (C=O) groups is 2. The van der Waals surface area contributed by atoms with E-state index in [1.54, 1.807) is 4.90 Å². The highest BCUT2D eigenvalue weighted by Gasteiger charge is 2.21. The Morgan fingerprint density at radius 1 is 1.37 bits per heavy atom. The van der Waals surface area contributed by atoms with E-state index in [-0.39, 0.29) is 12.5 Å². The van der Waals surface area contributed by atoms with Crippen molar-refractivity contribution in [2.45, 2.75) is 25.9 Å². The molecule has 19 heavy (non-hydrogen) atoms. The molecule has 102 valence electrons. The number of nitrogens with one attached hydrogen (secondary N) is 1. The molecular weight excluding hydrogens is 244 g/mol. The average molecular weight is 262 g/mol. The van der Waals surface area contributed by atoms with Crippen LogP contribution in [0.1, 0.15) is 18.1 Å². The third kappa shape index (κ3) is 3.32. The molecule has 1 heterocycles. The third-order valence-electron chi connectivity index (χ3n) is 3.41. The molecule has 1 unspecified atom stereocenters. The third-order valence-corrected chi connectivity index (χ3v) is 3.41. The molecule has 1 atom stereocenters. The summed E-state index contributed by atoms with van der Waals surface area (Å²) in [5.41, 5.74) is 2.46. The van der Waals surface area contributed by atoms with Gasteiger partial charge < -0.3 is 10.0 Å². The van der Waals surface area contributed by atoms with Crippen molar-refractivity contribution in [1.29, 1.82) is 0 Å². The van der Waals surface area contributed by atoms with Crippen LogP contribution in [0.4, 0.5) is 0 Å². The van der Waals surface area contributed by atoms with Crippen molar-refractivity contribution >= 4 is 11.9 Å². The highest BCUT2D eigenvalue weighted by atomic mass is 16.4. The Kier molecular flexibility index (Phi) is 4.16. The molecule has 0 saturated heterocycles. The standard InChI is InChI=1S/C14H18N2O3/c1-10(14(18)19)15-8-13(17)16-7-6-11-4-2-3-5-12(11)9-16/h2-5,10,15H,6-9H2,1H3,(H,18,19). The molecule has 5 nitrogen and oxygen atoms in total. The molecule has 0 aromatic heterocycles. The van der Waals surface area contributed by atoms with Crippen LogP contribution >= 0.6 is 0 Å². The van der Waals surface area contributed by atoms with Crippen LogP contribution in [0, 0.1) is 0 Å². The molecule has 2 N–H and O–H groups in total. The molecular formula is C14H18N2O3. The molecule has 1 aromatic rings. The fourth-order valence-electron chi connectivity index (χ4n) is 2.15. The van der Waals surface area contributed by atoms with Crippen LogP contribution in [0.25, 0.3) is 0 Å². The van der Waals surface area contributed by atoms with E-state index in [0.29, 0.717) is 13.1 Å². The van der Waals surface area contributed by atoms with Crippen LogP contribution in [0.2, 0.25) is 0 Å². The lowest BCUT2D eigenvalue weighted by molar-refractivity contribution is -0.139. The van der Waals surface area contributed by atoms with Gasteiger partial charge in [0.15, 0.2) is 0 Å². The molecule has 2 rings (SSSR count). The number of fused-ring (bicyclic) bond motifs is 1. The van der Waals surface area contributed by atoms with Crippen molar-refractivity contribution in [1.82, 2.24) is 10.2 Å². The number of carboxylic acids is 1. The molecule has 0 saturated carbocycles. The smallest absolute Gasteiger partial charge is 0.320 e. The largest absolute Gasteiger partial charge is 0.480 e. The van der Waals surface area contributed by atoms with Crippen LogP contribution in [0.3, 0.4) is 0 Å². The number of hydrogen-bond acceptors (Lipinski definition) is 3. The second-order valence-corrected chi connectivity index (χ2v) is 4.77. The van der Waals surface area contributed by atoms with E-state index in [2.05, 4.69) is 11.4 Å². The van der Waals surface area contributed by atoms with E-state index in [9.17, 15) is 9.59 Å². The SMILES string of the molecule is CC(NCC(=O)N1CCc2ccccc2C1)C(=O)O. The first kappa shape index (κ1) is 13.5. The zero-order chi connectivity index (χ0) is 13.8. The van der Waals surface area contributed by atoms with Crippen molar-refractivity contribution in [3.63, 3.8) is 0 Å². The van der Waals surface area contributed by atoms with Gasteiger partial charge in [-0.3, -0.25) is 14.9 Å². The van der Waals surface area contributed by atoms with Crippen LogP contribution in [-0.2, 0) is 22.6 Å². The highest BCUT2D eigenvalue weighted by molar-refractivity contribution is 5.80. The monoisotopic (exact) mass is 262 g/mol. The van der Waals surface area contributed by atoms with E-state index >= 15 is 0 Å². The zero-order valence-corrected chi connectivity index (χ0v) is 10.9. The van der Waals surface area contributed by atoms with Gasteiger partial charge in [0.25, 0.3) is 0 Å². The number of benzene rings is 1. The van der Waals surface area contributed by atoms with E-state index < -0.39 is 12.0 Å². The maximum absolute atomic E-state index is 12.0. The topological polar surface area (TPSA) is 69.6 Å². The Labute approximate surface area is 112 Å². The summed E-state index contributed by atoms with van der Waals surface area (Å²) in [4.78, 5) is 24.4. The van der Waals surface area contributed by atoms with Crippen molar-refractivity contribution in [3.8, 4) is 0 Å². The summed E-state index contributed by atoms with van der Waals surface area (Å²) < 4.78 is 0. The normalized spacial score (nSPS) is 15.7. The van der Waals surface area contributed by atoms with Gasteiger partial charge in [0.05, 0.1) is 6.54 Å². The maximum Gasteiger partial charge on any atom is 0.320 e. The molecule has 1 aromatic carbocycles. The minimum atomic E-state index is -0.947. The van der Waals surface area contributed by atoms with Gasteiger partial charge in [-0.05, 0) is 24.5 Å². The predicted octanol–water partition coefficient (Wildman–Crippen LogP) is 0.634. The van der Waals surface area contributed by atoms with Gasteiger partial charge in [-0.15, -0.1) is 0 Å². The fourth-order valence-corrected chi connectivity index (χ4v) is 2.15. The van der Waals surface area contributed by atoms with Crippen LogP contribution < -0.4 is 5.32 Å². The predicted molar refractivity (Wildman–Crippen MR) is 70.7 cm³/mol. The second-order valence-electron chi connectivity index (χ2n) is 4.77. The second kappa shape index (κ2) is 5.84. The number of amides is 1. The van der Waals surface area contributed by atoms with Crippen molar-refractivity contribution in [2.75, 3.05) is 13.1 Å². The summed E-state index contributed by atoms with van der Waals surface area (Å²) in [7, 11) is 0. The van der Waals surface area contributed by atoms with Gasteiger partial charge in [-0.25, -0.2) is 0 Å². The minimum Gasteiger partial charge on any atom is -0.480 e. The Morgan fingerprint density at radius 2 is 2.05 bits per heavy atom. The molecule has 1 aliphatic rings. The fraction of sp³-hybridized carbons (Fsp3) is 0.429. The molecule has 0 aliphatic carbocycles. The van der Waals surface area contributed by atoms with Crippen molar-refractivity contribution in [3.05, 3.63) is 35.4 Å². The van der Waals surface area contributed by atoms with Crippen molar-refractivity contribution in [2.24, 2.45) is 0 Å². The summed E-state index contributed by atoms with van der Waals surface area (Å²) >= 11 is 0. The highest BCUT2D eigenvalue weighted by Crippen LogP contribution is 2.18. The Bertz CT molecular complexity index is 487. The first-order valence-electron chi connectivity index (χ1n) is 6.38. The molecule has 1 amide bonds. The Hall–Kier alpha value is -1.88. The summed E-state index contributed by atoms with van der Waals surface area (Å²) in [6, 6.07) is 7.38. The quantitative estimate of drug-likeness (QED) is 0.835. The van der Waals surface area contributed by atoms with E-state index in [1.165, 1.54) is 18.1 Å². The van der Waals surface area contributed by atoms with E-state index in [0.717, 1.165) is 6.42 Å². The van der Waals surface area contributed by atoms with E-state index in [1.807, 2.05) is 18.2 Å². The van der Waals surface area contributed by atoms with Crippen LogP contribution in [0.5, 0.6) is 0 Å². The number of carbonyl (C=O) groups excluding carboxylic acids is 1. The minimum absolute atomic E-state index is 0.0531. The van der Waals surface area contributed by atoms with Crippen LogP contribution in [0.15, 0.2) is 24.3 Å². The lowest BCUT2D eigenvalue weighted by Gasteiger charge is -2.29. The van der Waals surface area contributed by atoms with Gasteiger partial charge in [-0.1, -0.05) is 24.3 Å². The molecule has 0 spiro atoms. The summed E-state index contributed by atoms with van der Waals surface area (Å²) in [6.45, 7) is 2.90. The van der Waals surface area contributed by atoms with Gasteiger partial charge in [0.1, 0.15) is 6.04 Å². The summed E-state index contributed by atoms with van der Waals surface area (Å²) in [6.07, 6.45) is 0.858. The molecule has 0 bridgehead atoms. The van der Waals surface area contributed by atoms with E-state index in [4.69, 9.17) is 5.11 Å². The van der Waals surface area contributed by atoms with Gasteiger partial charge in [0.2, 0.25) is 5.91 Å². The molecule has 0 fully saturated rings. The van der Waals surface area contributed by atoms with Crippen molar-refractivity contribution < 1.29 is 14.7 Å². The first-order valence-corrected chi connectivity index (χ1v) is 6.38. The summed E-state index contributed by atoms with van der Waals surface area (Å²) in [5, 5.41) is 11.5. The Balaban J connectivity index is 1.90. The van der Waals surface area contributed by atoms with Gasteiger partial charge in [-0.2, -0.15) is 0 Å². The molecule has 1 aliphatic heterocycles. The number of nitrogens with zero attached hydrogens (tertiary/aromatic N) is 1. The number of carboxylic acid groups (broad SMARTS) is 1. The maximum atomic E-state index is 12.0. The zero-order valence-electron chi connectivity index (χ0n) is 10.9. The molecule has 0 radical (unpaired) electrons. The van der Waals surface area contributed by atoms with Crippen LogP contribution in [-0.4, -0.2) is 41.0 Å². The first-order chi connectivity index (χ1) is 9.08. The lowest BCUT2D eigenvalue weighted by atomic mass is 10.00. The number of rotatable bonds is 4. The number of hydrogen-bond donors (Lipinski definition) is 2. The average Bonchev–Trinajstić information content (AvgIpc) is 2.43. The summed E-state index contributed by atoms with van der Waals surface area (Å²) in [5.74, 6) is -1.00. The molecule has 5 heteroatoms. The van der Waals surface area contributed by atoms with Gasteiger partial charge >= 0.3 is 5.97 Å².